The number of amides is 2. The van der Waals surface area contributed by atoms with Gasteiger partial charge in [0.05, 0.1) is 13.3 Å². The fourth-order valence-electron chi connectivity index (χ4n) is 1.73. The van der Waals surface area contributed by atoms with Crippen LogP contribution in [-0.2, 0) is 9.59 Å². The highest BCUT2D eigenvalue weighted by Crippen LogP contribution is 2.10. The van der Waals surface area contributed by atoms with E-state index in [1.807, 2.05) is 19.1 Å². The van der Waals surface area contributed by atoms with Crippen molar-refractivity contribution in [3.63, 3.8) is 0 Å². The van der Waals surface area contributed by atoms with Gasteiger partial charge in [-0.25, -0.2) is 5.43 Å². The Balaban J connectivity index is 1.86. The minimum atomic E-state index is -0.838. The minimum Gasteiger partial charge on any atom is -0.497 e. The van der Waals surface area contributed by atoms with E-state index in [-0.39, 0.29) is 0 Å². The summed E-state index contributed by atoms with van der Waals surface area (Å²) in [7, 11) is 1.58. The van der Waals surface area contributed by atoms with Crippen LogP contribution in [0.25, 0.3) is 0 Å². The van der Waals surface area contributed by atoms with Gasteiger partial charge in [-0.2, -0.15) is 5.10 Å². The van der Waals surface area contributed by atoms with Crippen LogP contribution in [0.3, 0.4) is 0 Å². The number of rotatable bonds is 4. The van der Waals surface area contributed by atoms with E-state index in [0.29, 0.717) is 5.69 Å². The van der Waals surface area contributed by atoms with Crippen molar-refractivity contribution in [1.82, 2.24) is 5.43 Å². The number of anilines is 1. The van der Waals surface area contributed by atoms with Gasteiger partial charge in [-0.3, -0.25) is 9.59 Å². The maximum atomic E-state index is 11.7. The number of hydrazone groups is 1. The summed E-state index contributed by atoms with van der Waals surface area (Å²) in [5.74, 6) is -0.889. The standard InChI is InChI=1S/C17H17N3O3/c1-12-3-7-14(8-4-12)19-16(21)17(22)20-18-11-13-5-9-15(23-2)10-6-13/h3-11H,1-2H3,(H,19,21)(H,20,22). The van der Waals surface area contributed by atoms with Crippen LogP contribution in [0.15, 0.2) is 53.6 Å². The lowest BCUT2D eigenvalue weighted by molar-refractivity contribution is -0.136. The monoisotopic (exact) mass is 311 g/mol. The van der Waals surface area contributed by atoms with E-state index in [1.54, 1.807) is 43.5 Å². The van der Waals surface area contributed by atoms with Gasteiger partial charge < -0.3 is 10.1 Å². The van der Waals surface area contributed by atoms with Gasteiger partial charge >= 0.3 is 11.8 Å². The van der Waals surface area contributed by atoms with Crippen molar-refractivity contribution in [3.8, 4) is 5.75 Å². The predicted molar refractivity (Wildman–Crippen MR) is 88.5 cm³/mol. The predicted octanol–water partition coefficient (Wildman–Crippen LogP) is 2.09. The third-order valence-electron chi connectivity index (χ3n) is 3.01. The van der Waals surface area contributed by atoms with E-state index < -0.39 is 11.8 Å². The number of methoxy groups -OCH3 is 1. The summed E-state index contributed by atoms with van der Waals surface area (Å²) in [5, 5.41) is 6.24. The van der Waals surface area contributed by atoms with E-state index in [0.717, 1.165) is 16.9 Å². The average Bonchev–Trinajstić information content (AvgIpc) is 2.57. The Kier molecular flexibility index (Phi) is 5.46. The first kappa shape index (κ1) is 16.2. The first-order valence-electron chi connectivity index (χ1n) is 6.93. The first-order chi connectivity index (χ1) is 11.1. The summed E-state index contributed by atoms with van der Waals surface area (Å²) in [6.07, 6.45) is 1.44. The molecule has 0 bridgehead atoms. The maximum absolute atomic E-state index is 11.7. The molecule has 2 N–H and O–H groups in total. The lowest BCUT2D eigenvalue weighted by Gasteiger charge is -2.04. The van der Waals surface area contributed by atoms with Crippen LogP contribution in [0, 0.1) is 6.92 Å². The highest BCUT2D eigenvalue weighted by atomic mass is 16.5. The van der Waals surface area contributed by atoms with E-state index in [1.165, 1.54) is 6.21 Å². The number of nitrogens with zero attached hydrogens (tertiary/aromatic N) is 1. The van der Waals surface area contributed by atoms with Gasteiger partial charge in [-0.15, -0.1) is 0 Å². The van der Waals surface area contributed by atoms with Crippen LogP contribution in [0.1, 0.15) is 11.1 Å². The zero-order chi connectivity index (χ0) is 16.7. The molecule has 118 valence electrons. The normalized spacial score (nSPS) is 10.3. The van der Waals surface area contributed by atoms with Crippen LogP contribution in [0.2, 0.25) is 0 Å². The van der Waals surface area contributed by atoms with Crippen LogP contribution in [-0.4, -0.2) is 25.1 Å². The lowest BCUT2D eigenvalue weighted by atomic mass is 10.2. The van der Waals surface area contributed by atoms with E-state index in [4.69, 9.17) is 4.74 Å². The number of carbonyl (C=O) groups excluding carboxylic acids is 2. The van der Waals surface area contributed by atoms with Crippen molar-refractivity contribution in [2.75, 3.05) is 12.4 Å². The second kappa shape index (κ2) is 7.74. The molecule has 0 aromatic heterocycles. The molecule has 0 heterocycles. The summed E-state index contributed by atoms with van der Waals surface area (Å²) in [6.45, 7) is 1.94. The number of hydrogen-bond donors (Lipinski definition) is 2. The minimum absolute atomic E-state index is 0.551. The fourth-order valence-corrected chi connectivity index (χ4v) is 1.73. The van der Waals surface area contributed by atoms with Gasteiger partial charge in [0.1, 0.15) is 5.75 Å². The molecule has 0 aliphatic carbocycles. The third-order valence-corrected chi connectivity index (χ3v) is 3.01. The van der Waals surface area contributed by atoms with Gasteiger partial charge in [0.25, 0.3) is 0 Å². The molecule has 2 aromatic rings. The molecule has 2 aromatic carbocycles. The molecule has 0 aliphatic heterocycles. The summed E-state index contributed by atoms with van der Waals surface area (Å²) in [4.78, 5) is 23.4. The van der Waals surface area contributed by atoms with Crippen LogP contribution < -0.4 is 15.5 Å². The number of benzene rings is 2. The topological polar surface area (TPSA) is 79.8 Å². The molecule has 2 rings (SSSR count). The number of ether oxygens (including phenoxy) is 1. The van der Waals surface area contributed by atoms with Gasteiger partial charge in [0.2, 0.25) is 0 Å². The van der Waals surface area contributed by atoms with Gasteiger partial charge in [0.15, 0.2) is 0 Å². The molecule has 23 heavy (non-hydrogen) atoms. The van der Waals surface area contributed by atoms with Crippen LogP contribution in [0.5, 0.6) is 5.75 Å². The highest BCUT2D eigenvalue weighted by molar-refractivity contribution is 6.39. The second-order valence-electron chi connectivity index (χ2n) is 4.79. The Labute approximate surface area is 134 Å². The molecule has 0 saturated heterocycles. The molecule has 0 fully saturated rings. The summed E-state index contributed by atoms with van der Waals surface area (Å²) in [6, 6.07) is 14.2. The lowest BCUT2D eigenvalue weighted by Crippen LogP contribution is -2.32. The van der Waals surface area contributed by atoms with Crippen LogP contribution in [0.4, 0.5) is 5.69 Å². The Morgan fingerprint density at radius 1 is 1.00 bits per heavy atom. The van der Waals surface area contributed by atoms with Gasteiger partial charge in [0, 0.05) is 5.69 Å². The van der Waals surface area contributed by atoms with E-state index >= 15 is 0 Å². The van der Waals surface area contributed by atoms with Crippen molar-refractivity contribution >= 4 is 23.7 Å². The first-order valence-corrected chi connectivity index (χ1v) is 6.93. The van der Waals surface area contributed by atoms with E-state index in [2.05, 4.69) is 15.8 Å². The Bertz CT molecular complexity index is 707. The second-order valence-corrected chi connectivity index (χ2v) is 4.79. The zero-order valence-corrected chi connectivity index (χ0v) is 12.9. The molecule has 2 amide bonds. The van der Waals surface area contributed by atoms with Crippen molar-refractivity contribution < 1.29 is 14.3 Å². The maximum Gasteiger partial charge on any atom is 0.329 e. The number of aryl methyl sites for hydroxylation is 1. The number of hydrogen-bond acceptors (Lipinski definition) is 4. The van der Waals surface area contributed by atoms with Crippen molar-refractivity contribution in [2.45, 2.75) is 6.92 Å². The molecule has 0 atom stereocenters. The Hall–Kier alpha value is -3.15. The molecule has 0 aliphatic rings. The van der Waals surface area contributed by atoms with Crippen molar-refractivity contribution in [1.29, 1.82) is 0 Å². The van der Waals surface area contributed by atoms with Crippen molar-refractivity contribution in [2.24, 2.45) is 5.10 Å². The van der Waals surface area contributed by atoms with Gasteiger partial charge in [-0.05, 0) is 48.9 Å². The number of nitrogens with one attached hydrogen (secondary N) is 2. The summed E-state index contributed by atoms with van der Waals surface area (Å²) >= 11 is 0. The molecule has 0 unspecified atom stereocenters. The molecular formula is C17H17N3O3. The van der Waals surface area contributed by atoms with Gasteiger partial charge in [-0.1, -0.05) is 17.7 Å². The third kappa shape index (κ3) is 4.96. The smallest absolute Gasteiger partial charge is 0.329 e. The molecule has 0 radical (unpaired) electrons. The molecule has 0 saturated carbocycles. The quantitative estimate of drug-likeness (QED) is 0.515. The Morgan fingerprint density at radius 3 is 2.26 bits per heavy atom. The highest BCUT2D eigenvalue weighted by Gasteiger charge is 2.12. The Morgan fingerprint density at radius 2 is 1.65 bits per heavy atom. The summed E-state index contributed by atoms with van der Waals surface area (Å²) in [5.41, 5.74) is 4.56. The SMILES string of the molecule is COc1ccc(C=NNC(=O)C(=O)Nc2ccc(C)cc2)cc1. The molecular weight excluding hydrogens is 294 g/mol. The molecule has 0 spiro atoms. The van der Waals surface area contributed by atoms with Crippen LogP contribution >= 0.6 is 0 Å². The van der Waals surface area contributed by atoms with Crippen molar-refractivity contribution in [3.05, 3.63) is 59.7 Å². The zero-order valence-electron chi connectivity index (χ0n) is 12.9. The largest absolute Gasteiger partial charge is 0.497 e. The molecule has 6 heteroatoms. The fraction of sp³-hybridized carbons (Fsp3) is 0.118. The summed E-state index contributed by atoms with van der Waals surface area (Å²) < 4.78 is 5.04. The molecule has 6 nitrogen and oxygen atoms in total. The number of carbonyl (C=O) groups is 2. The average molecular weight is 311 g/mol. The van der Waals surface area contributed by atoms with E-state index in [9.17, 15) is 9.59 Å².